The van der Waals surface area contributed by atoms with Gasteiger partial charge in [-0.05, 0) is 36.1 Å². The van der Waals surface area contributed by atoms with Crippen LogP contribution in [0.15, 0.2) is 48.5 Å². The minimum Gasteiger partial charge on any atom is -0.454 e. The summed E-state index contributed by atoms with van der Waals surface area (Å²) in [6, 6.07) is 15.7. The number of amides is 2. The van der Waals surface area contributed by atoms with E-state index >= 15 is 0 Å². The van der Waals surface area contributed by atoms with E-state index in [1.54, 1.807) is 0 Å². The lowest BCUT2D eigenvalue weighted by atomic mass is 10.1. The van der Waals surface area contributed by atoms with Gasteiger partial charge in [-0.15, -0.1) is 0 Å². The van der Waals surface area contributed by atoms with Crippen LogP contribution >= 0.6 is 0 Å². The first-order valence-corrected chi connectivity index (χ1v) is 9.06. The first-order chi connectivity index (χ1) is 13.1. The number of aryl methyl sites for hydroxylation is 1. The lowest BCUT2D eigenvalue weighted by Gasteiger charge is -2.21. The molecule has 142 valence electrons. The van der Waals surface area contributed by atoms with Gasteiger partial charge in [0.1, 0.15) is 0 Å². The average molecular weight is 368 g/mol. The number of hydrogen-bond acceptors (Lipinski definition) is 4. The molecule has 1 N–H and O–H groups in total. The Labute approximate surface area is 159 Å². The van der Waals surface area contributed by atoms with Crippen LogP contribution in [0.1, 0.15) is 24.5 Å². The number of hydrogen-bond donors (Lipinski definition) is 1. The summed E-state index contributed by atoms with van der Waals surface area (Å²) < 4.78 is 10.6. The number of benzene rings is 2. The number of nitrogens with one attached hydrogen (secondary N) is 1. The normalized spacial score (nSPS) is 11.9. The Morgan fingerprint density at radius 1 is 1.04 bits per heavy atom. The summed E-state index contributed by atoms with van der Waals surface area (Å²) in [5, 5.41) is 2.89. The molecule has 0 unspecified atom stereocenters. The fourth-order valence-corrected chi connectivity index (χ4v) is 2.93. The zero-order chi connectivity index (χ0) is 19.1. The Kier molecular flexibility index (Phi) is 6.30. The first-order valence-electron chi connectivity index (χ1n) is 9.06. The number of fused-ring (bicyclic) bond motifs is 1. The summed E-state index contributed by atoms with van der Waals surface area (Å²) in [6.07, 6.45) is 1.77. The van der Waals surface area contributed by atoms with Gasteiger partial charge in [-0.1, -0.05) is 36.4 Å². The van der Waals surface area contributed by atoms with Crippen LogP contribution in [0.5, 0.6) is 11.5 Å². The predicted octanol–water partition coefficient (Wildman–Crippen LogP) is 2.51. The molecule has 0 spiro atoms. The van der Waals surface area contributed by atoms with Crippen molar-refractivity contribution < 1.29 is 19.1 Å². The van der Waals surface area contributed by atoms with Gasteiger partial charge in [-0.2, -0.15) is 0 Å². The van der Waals surface area contributed by atoms with Crippen LogP contribution in [0.25, 0.3) is 0 Å². The van der Waals surface area contributed by atoms with E-state index in [1.807, 2.05) is 36.4 Å². The maximum atomic E-state index is 12.2. The SMILES string of the molecule is CC(=O)N(CC(=O)NCCCc1ccccc1)Cc1ccc2c(c1)OCO2. The molecule has 0 aliphatic carbocycles. The summed E-state index contributed by atoms with van der Waals surface area (Å²) in [4.78, 5) is 25.6. The second-order valence-corrected chi connectivity index (χ2v) is 6.50. The van der Waals surface area contributed by atoms with Crippen molar-refractivity contribution in [2.45, 2.75) is 26.3 Å². The van der Waals surface area contributed by atoms with Crippen molar-refractivity contribution in [2.75, 3.05) is 19.9 Å². The van der Waals surface area contributed by atoms with Gasteiger partial charge in [0.15, 0.2) is 11.5 Å². The average Bonchev–Trinajstić information content (AvgIpc) is 3.13. The molecular formula is C21H24N2O4. The van der Waals surface area contributed by atoms with E-state index in [2.05, 4.69) is 17.4 Å². The summed E-state index contributed by atoms with van der Waals surface area (Å²) in [7, 11) is 0. The third-order valence-corrected chi connectivity index (χ3v) is 4.40. The largest absolute Gasteiger partial charge is 0.454 e. The Hall–Kier alpha value is -3.02. The monoisotopic (exact) mass is 368 g/mol. The number of nitrogens with zero attached hydrogens (tertiary/aromatic N) is 1. The van der Waals surface area contributed by atoms with E-state index in [1.165, 1.54) is 17.4 Å². The van der Waals surface area contributed by atoms with Gasteiger partial charge >= 0.3 is 0 Å². The molecule has 6 nitrogen and oxygen atoms in total. The Morgan fingerprint density at radius 2 is 1.81 bits per heavy atom. The molecule has 2 aromatic carbocycles. The smallest absolute Gasteiger partial charge is 0.239 e. The Morgan fingerprint density at radius 3 is 2.59 bits per heavy atom. The van der Waals surface area contributed by atoms with Gasteiger partial charge in [0.2, 0.25) is 18.6 Å². The molecule has 2 aromatic rings. The molecule has 27 heavy (non-hydrogen) atoms. The second kappa shape index (κ2) is 9.07. The number of carbonyl (C=O) groups excluding carboxylic acids is 2. The maximum Gasteiger partial charge on any atom is 0.239 e. The second-order valence-electron chi connectivity index (χ2n) is 6.50. The van der Waals surface area contributed by atoms with Gasteiger partial charge in [-0.3, -0.25) is 9.59 Å². The van der Waals surface area contributed by atoms with E-state index in [4.69, 9.17) is 9.47 Å². The van der Waals surface area contributed by atoms with Crippen LogP contribution in [0.3, 0.4) is 0 Å². The van der Waals surface area contributed by atoms with Gasteiger partial charge in [0.05, 0.1) is 6.54 Å². The Bertz CT molecular complexity index is 792. The highest BCUT2D eigenvalue weighted by Gasteiger charge is 2.17. The number of rotatable bonds is 8. The zero-order valence-corrected chi connectivity index (χ0v) is 15.4. The van der Waals surface area contributed by atoms with Gasteiger partial charge in [0, 0.05) is 20.0 Å². The maximum absolute atomic E-state index is 12.2. The van der Waals surface area contributed by atoms with Crippen LogP contribution in [0, 0.1) is 0 Å². The van der Waals surface area contributed by atoms with Crippen LogP contribution < -0.4 is 14.8 Å². The molecule has 0 saturated heterocycles. The summed E-state index contributed by atoms with van der Waals surface area (Å²) in [6.45, 7) is 2.65. The lowest BCUT2D eigenvalue weighted by Crippen LogP contribution is -2.39. The third-order valence-electron chi connectivity index (χ3n) is 4.40. The molecule has 1 aliphatic rings. The zero-order valence-electron chi connectivity index (χ0n) is 15.4. The molecule has 0 fully saturated rings. The minimum absolute atomic E-state index is 0.0368. The molecule has 1 heterocycles. The van der Waals surface area contributed by atoms with Gasteiger partial charge in [-0.25, -0.2) is 0 Å². The van der Waals surface area contributed by atoms with Crippen LogP contribution in [-0.2, 0) is 22.6 Å². The van der Waals surface area contributed by atoms with Gasteiger partial charge in [0.25, 0.3) is 0 Å². The standard InChI is InChI=1S/C21H24N2O4/c1-16(24)23(13-18-9-10-19-20(12-18)27-15-26-19)14-21(25)22-11-5-8-17-6-3-2-4-7-17/h2-4,6-7,9-10,12H,5,8,11,13-15H2,1H3,(H,22,25). The quantitative estimate of drug-likeness (QED) is 0.727. The minimum atomic E-state index is -0.154. The molecule has 3 rings (SSSR count). The molecule has 0 atom stereocenters. The van der Waals surface area contributed by atoms with Crippen molar-refractivity contribution >= 4 is 11.8 Å². The van der Waals surface area contributed by atoms with Crippen molar-refractivity contribution in [2.24, 2.45) is 0 Å². The number of ether oxygens (including phenoxy) is 2. The fraction of sp³-hybridized carbons (Fsp3) is 0.333. The highest BCUT2D eigenvalue weighted by atomic mass is 16.7. The van der Waals surface area contributed by atoms with Crippen LogP contribution in [-0.4, -0.2) is 36.6 Å². The first kappa shape index (κ1) is 18.8. The van der Waals surface area contributed by atoms with Crippen LogP contribution in [0.2, 0.25) is 0 Å². The number of carbonyl (C=O) groups is 2. The fourth-order valence-electron chi connectivity index (χ4n) is 2.93. The molecule has 2 amide bonds. The third kappa shape index (κ3) is 5.48. The van der Waals surface area contributed by atoms with E-state index in [9.17, 15) is 9.59 Å². The summed E-state index contributed by atoms with van der Waals surface area (Å²) >= 11 is 0. The van der Waals surface area contributed by atoms with Crippen molar-refractivity contribution in [3.63, 3.8) is 0 Å². The van der Waals surface area contributed by atoms with E-state index in [0.717, 1.165) is 18.4 Å². The van der Waals surface area contributed by atoms with Crippen LogP contribution in [0.4, 0.5) is 0 Å². The van der Waals surface area contributed by atoms with Crippen molar-refractivity contribution in [1.82, 2.24) is 10.2 Å². The predicted molar refractivity (Wildman–Crippen MR) is 101 cm³/mol. The highest BCUT2D eigenvalue weighted by molar-refractivity contribution is 5.83. The Balaban J connectivity index is 1.46. The lowest BCUT2D eigenvalue weighted by molar-refractivity contribution is -0.134. The molecule has 0 radical (unpaired) electrons. The summed E-state index contributed by atoms with van der Waals surface area (Å²) in [5.41, 5.74) is 2.14. The molecule has 1 aliphatic heterocycles. The van der Waals surface area contributed by atoms with E-state index in [0.29, 0.717) is 24.6 Å². The molecule has 6 heteroatoms. The van der Waals surface area contributed by atoms with Gasteiger partial charge < -0.3 is 19.7 Å². The van der Waals surface area contributed by atoms with Crippen molar-refractivity contribution in [1.29, 1.82) is 0 Å². The summed E-state index contributed by atoms with van der Waals surface area (Å²) in [5.74, 6) is 1.07. The topological polar surface area (TPSA) is 67.9 Å². The van der Waals surface area contributed by atoms with Crippen molar-refractivity contribution in [3.05, 3.63) is 59.7 Å². The van der Waals surface area contributed by atoms with Crippen molar-refractivity contribution in [3.8, 4) is 11.5 Å². The highest BCUT2D eigenvalue weighted by Crippen LogP contribution is 2.32. The van der Waals surface area contributed by atoms with E-state index < -0.39 is 0 Å². The molecule has 0 bridgehead atoms. The van der Waals surface area contributed by atoms with E-state index in [-0.39, 0.29) is 25.2 Å². The molecular weight excluding hydrogens is 344 g/mol. The molecule has 0 saturated carbocycles. The molecule has 0 aromatic heterocycles.